The summed E-state index contributed by atoms with van der Waals surface area (Å²) in [6, 6.07) is 13.7. The summed E-state index contributed by atoms with van der Waals surface area (Å²) in [6.07, 6.45) is 0. The molecule has 1 N–H and O–H groups in total. The van der Waals surface area contributed by atoms with Gasteiger partial charge in [0.25, 0.3) is 0 Å². The maximum Gasteiger partial charge on any atom is 0.234 e. The number of aryl methyl sites for hydroxylation is 1. The number of nitrogens with zero attached hydrogens (tertiary/aromatic N) is 3. The summed E-state index contributed by atoms with van der Waals surface area (Å²) < 4.78 is 31.9. The minimum Gasteiger partial charge on any atom is -0.497 e. The molecule has 8 nitrogen and oxygen atoms in total. The van der Waals surface area contributed by atoms with Gasteiger partial charge in [0, 0.05) is 12.7 Å². The predicted octanol–water partition coefficient (Wildman–Crippen LogP) is 2.84. The molecule has 1 heterocycles. The zero-order valence-electron chi connectivity index (χ0n) is 16.8. The molecule has 0 saturated heterocycles. The lowest BCUT2D eigenvalue weighted by Gasteiger charge is -2.07. The standard InChI is InChI=1S/C20H22N4O4S2/c1-14-4-10-17(11-5-14)30(26,27)13-18-22-23-20(24(18)2)29-12-19(25)21-15-6-8-16(28-3)9-7-15/h4-11H,12-13H2,1-3H3,(H,21,25). The van der Waals surface area contributed by atoms with E-state index in [1.165, 1.54) is 11.8 Å². The molecule has 0 unspecified atom stereocenters. The van der Waals surface area contributed by atoms with Gasteiger partial charge in [-0.15, -0.1) is 10.2 Å². The molecule has 3 aromatic rings. The van der Waals surface area contributed by atoms with Crippen LogP contribution in [0.2, 0.25) is 0 Å². The lowest BCUT2D eigenvalue weighted by molar-refractivity contribution is -0.113. The number of rotatable bonds is 8. The highest BCUT2D eigenvalue weighted by Gasteiger charge is 2.20. The Bertz CT molecular complexity index is 1120. The van der Waals surface area contributed by atoms with Gasteiger partial charge < -0.3 is 14.6 Å². The molecule has 0 aliphatic heterocycles. The first-order chi connectivity index (χ1) is 14.3. The van der Waals surface area contributed by atoms with Crippen LogP contribution >= 0.6 is 11.8 Å². The van der Waals surface area contributed by atoms with Crippen molar-refractivity contribution >= 4 is 33.2 Å². The van der Waals surface area contributed by atoms with Crippen LogP contribution in [0, 0.1) is 6.92 Å². The van der Waals surface area contributed by atoms with E-state index >= 15 is 0 Å². The minimum absolute atomic E-state index is 0.114. The minimum atomic E-state index is -3.54. The molecule has 30 heavy (non-hydrogen) atoms. The number of sulfone groups is 1. The third-order valence-electron chi connectivity index (χ3n) is 4.33. The van der Waals surface area contributed by atoms with E-state index in [0.717, 1.165) is 5.56 Å². The fourth-order valence-electron chi connectivity index (χ4n) is 2.60. The number of hydrogen-bond donors (Lipinski definition) is 1. The number of ether oxygens (including phenoxy) is 1. The Morgan fingerprint density at radius 2 is 1.77 bits per heavy atom. The normalized spacial score (nSPS) is 11.3. The van der Waals surface area contributed by atoms with Gasteiger partial charge in [0.1, 0.15) is 17.3 Å². The summed E-state index contributed by atoms with van der Waals surface area (Å²) in [5.41, 5.74) is 1.64. The van der Waals surface area contributed by atoms with E-state index in [-0.39, 0.29) is 22.3 Å². The molecule has 0 aliphatic rings. The SMILES string of the molecule is COc1ccc(NC(=O)CSc2nnc(CS(=O)(=O)c3ccc(C)cc3)n2C)cc1. The highest BCUT2D eigenvalue weighted by atomic mass is 32.2. The van der Waals surface area contributed by atoms with Crippen LogP contribution in [-0.2, 0) is 27.4 Å². The van der Waals surface area contributed by atoms with Crippen LogP contribution in [0.1, 0.15) is 11.4 Å². The Morgan fingerprint density at radius 1 is 1.10 bits per heavy atom. The quantitative estimate of drug-likeness (QED) is 0.531. The van der Waals surface area contributed by atoms with Crippen LogP contribution in [0.4, 0.5) is 5.69 Å². The summed E-state index contributed by atoms with van der Waals surface area (Å²) in [7, 11) is -0.280. The molecule has 0 bridgehead atoms. The monoisotopic (exact) mass is 446 g/mol. The molecule has 0 fully saturated rings. The summed E-state index contributed by atoms with van der Waals surface area (Å²) in [5.74, 6) is 0.658. The van der Waals surface area contributed by atoms with E-state index < -0.39 is 9.84 Å². The number of aromatic nitrogens is 3. The second-order valence-corrected chi connectivity index (χ2v) is 9.53. The molecule has 0 radical (unpaired) electrons. The smallest absolute Gasteiger partial charge is 0.234 e. The fourth-order valence-corrected chi connectivity index (χ4v) is 4.64. The fraction of sp³-hybridized carbons (Fsp3) is 0.250. The molecule has 3 rings (SSSR count). The van der Waals surface area contributed by atoms with Gasteiger partial charge in [-0.25, -0.2) is 8.42 Å². The Labute approximate surface area is 179 Å². The van der Waals surface area contributed by atoms with Gasteiger partial charge in [-0.3, -0.25) is 4.79 Å². The zero-order chi connectivity index (χ0) is 21.7. The van der Waals surface area contributed by atoms with Gasteiger partial charge in [-0.1, -0.05) is 29.5 Å². The first kappa shape index (κ1) is 21.8. The van der Waals surface area contributed by atoms with Crippen molar-refractivity contribution in [3.05, 3.63) is 59.9 Å². The van der Waals surface area contributed by atoms with Gasteiger partial charge in [0.05, 0.1) is 17.8 Å². The number of carbonyl (C=O) groups is 1. The van der Waals surface area contributed by atoms with Crippen molar-refractivity contribution in [1.82, 2.24) is 14.8 Å². The molecular formula is C20H22N4O4S2. The number of methoxy groups -OCH3 is 1. The Balaban J connectivity index is 1.60. The molecule has 1 amide bonds. The maximum atomic E-state index is 12.6. The van der Waals surface area contributed by atoms with Crippen molar-refractivity contribution in [2.75, 3.05) is 18.2 Å². The van der Waals surface area contributed by atoms with Crippen LogP contribution in [0.25, 0.3) is 0 Å². The number of hydrogen-bond acceptors (Lipinski definition) is 7. The third kappa shape index (κ3) is 5.39. The highest BCUT2D eigenvalue weighted by molar-refractivity contribution is 7.99. The van der Waals surface area contributed by atoms with Crippen molar-refractivity contribution in [1.29, 1.82) is 0 Å². The lowest BCUT2D eigenvalue weighted by Crippen LogP contribution is -2.14. The van der Waals surface area contributed by atoms with E-state index in [1.54, 1.807) is 67.3 Å². The van der Waals surface area contributed by atoms with Crippen molar-refractivity contribution in [3.63, 3.8) is 0 Å². The Kier molecular flexibility index (Phi) is 6.78. The van der Waals surface area contributed by atoms with E-state index in [9.17, 15) is 13.2 Å². The van der Waals surface area contributed by atoms with E-state index in [0.29, 0.717) is 22.4 Å². The average molecular weight is 447 g/mol. The van der Waals surface area contributed by atoms with Crippen LogP contribution in [0.15, 0.2) is 58.6 Å². The van der Waals surface area contributed by atoms with E-state index in [4.69, 9.17) is 4.74 Å². The molecule has 0 atom stereocenters. The topological polar surface area (TPSA) is 103 Å². The Morgan fingerprint density at radius 3 is 2.40 bits per heavy atom. The largest absolute Gasteiger partial charge is 0.497 e. The molecule has 0 saturated carbocycles. The summed E-state index contributed by atoms with van der Waals surface area (Å²) >= 11 is 1.18. The van der Waals surface area contributed by atoms with Crippen LogP contribution in [-0.4, -0.2) is 42.0 Å². The number of anilines is 1. The third-order valence-corrected chi connectivity index (χ3v) is 6.98. The van der Waals surface area contributed by atoms with Crippen molar-refractivity contribution < 1.29 is 17.9 Å². The highest BCUT2D eigenvalue weighted by Crippen LogP contribution is 2.21. The molecule has 0 spiro atoms. The van der Waals surface area contributed by atoms with Gasteiger partial charge in [-0.2, -0.15) is 0 Å². The number of amides is 1. The summed E-state index contributed by atoms with van der Waals surface area (Å²) in [5, 5.41) is 11.3. The molecule has 10 heteroatoms. The van der Waals surface area contributed by atoms with Crippen molar-refractivity contribution in [2.24, 2.45) is 7.05 Å². The predicted molar refractivity (Wildman–Crippen MR) is 115 cm³/mol. The molecule has 2 aromatic carbocycles. The average Bonchev–Trinajstić information content (AvgIpc) is 3.06. The van der Waals surface area contributed by atoms with Crippen LogP contribution in [0.3, 0.4) is 0 Å². The van der Waals surface area contributed by atoms with Crippen molar-refractivity contribution in [3.8, 4) is 5.75 Å². The lowest BCUT2D eigenvalue weighted by atomic mass is 10.2. The first-order valence-corrected chi connectivity index (χ1v) is 11.7. The van der Waals surface area contributed by atoms with Gasteiger partial charge in [-0.05, 0) is 43.3 Å². The van der Waals surface area contributed by atoms with Crippen LogP contribution in [0.5, 0.6) is 5.75 Å². The van der Waals surface area contributed by atoms with Gasteiger partial charge in [0.2, 0.25) is 5.91 Å². The molecule has 0 aliphatic carbocycles. The van der Waals surface area contributed by atoms with Crippen molar-refractivity contribution in [2.45, 2.75) is 22.7 Å². The summed E-state index contributed by atoms with van der Waals surface area (Å²) in [6.45, 7) is 1.90. The first-order valence-electron chi connectivity index (χ1n) is 9.03. The van der Waals surface area contributed by atoms with Gasteiger partial charge >= 0.3 is 0 Å². The molecule has 158 valence electrons. The maximum absolute atomic E-state index is 12.6. The number of benzene rings is 2. The van der Waals surface area contributed by atoms with E-state index in [1.807, 2.05) is 6.92 Å². The van der Waals surface area contributed by atoms with Crippen LogP contribution < -0.4 is 10.1 Å². The second-order valence-electron chi connectivity index (χ2n) is 6.60. The number of nitrogens with one attached hydrogen (secondary N) is 1. The number of carbonyl (C=O) groups excluding carboxylic acids is 1. The number of thioether (sulfide) groups is 1. The molecular weight excluding hydrogens is 424 g/mol. The Hall–Kier alpha value is -2.85. The summed E-state index contributed by atoms with van der Waals surface area (Å²) in [4.78, 5) is 12.4. The zero-order valence-corrected chi connectivity index (χ0v) is 18.5. The molecule has 1 aromatic heterocycles. The second kappa shape index (κ2) is 9.31. The van der Waals surface area contributed by atoms with E-state index in [2.05, 4.69) is 15.5 Å². The van der Waals surface area contributed by atoms with Gasteiger partial charge in [0.15, 0.2) is 15.0 Å².